The van der Waals surface area contributed by atoms with E-state index in [1.807, 2.05) is 12.1 Å². The molecule has 0 bridgehead atoms. The minimum absolute atomic E-state index is 0.205. The second kappa shape index (κ2) is 8.39. The number of nitrogens with zero attached hydrogens (tertiary/aromatic N) is 1. The van der Waals surface area contributed by atoms with Gasteiger partial charge in [0.1, 0.15) is 0 Å². The van der Waals surface area contributed by atoms with Crippen molar-refractivity contribution in [1.82, 2.24) is 4.90 Å². The number of carbonyl (C=O) groups excluding carboxylic acids is 1. The fourth-order valence-corrected chi connectivity index (χ4v) is 4.52. The Morgan fingerprint density at radius 2 is 1.62 bits per heavy atom. The summed E-state index contributed by atoms with van der Waals surface area (Å²) in [4.78, 5) is 14.8. The highest BCUT2D eigenvalue weighted by atomic mass is 32.2. The van der Waals surface area contributed by atoms with Crippen molar-refractivity contribution in [2.75, 3.05) is 12.3 Å². The Bertz CT molecular complexity index is 604. The first-order valence-electron chi connectivity index (χ1n) is 8.76. The molecule has 0 N–H and O–H groups in total. The molecule has 1 heterocycles. The molecule has 2 nitrogen and oxygen atoms in total. The quantitative estimate of drug-likeness (QED) is 0.771. The molecule has 1 aliphatic heterocycles. The van der Waals surface area contributed by atoms with Gasteiger partial charge in [0.25, 0.3) is 0 Å². The molecule has 2 aromatic rings. The molecule has 0 radical (unpaired) electrons. The van der Waals surface area contributed by atoms with E-state index in [1.165, 1.54) is 17.5 Å². The van der Waals surface area contributed by atoms with Crippen molar-refractivity contribution in [2.24, 2.45) is 0 Å². The lowest BCUT2D eigenvalue weighted by molar-refractivity contribution is -0.131. The lowest BCUT2D eigenvalue weighted by atomic mass is 10.0. The Morgan fingerprint density at radius 1 is 1.04 bits per heavy atom. The first-order valence-corrected chi connectivity index (χ1v) is 9.81. The molecule has 0 saturated carbocycles. The van der Waals surface area contributed by atoms with Crippen LogP contribution in [0.1, 0.15) is 42.6 Å². The number of amides is 1. The summed E-state index contributed by atoms with van der Waals surface area (Å²) in [5, 5.41) is 0.205. The van der Waals surface area contributed by atoms with Gasteiger partial charge in [-0.2, -0.15) is 0 Å². The molecule has 1 atom stereocenters. The van der Waals surface area contributed by atoms with Crippen LogP contribution in [0.15, 0.2) is 60.7 Å². The SMILES string of the molecule is CC1CCCCN1C(=O)CSC(c1ccccc1)c1ccccc1. The molecular formula is C21H25NOS. The number of thioether (sulfide) groups is 1. The van der Waals surface area contributed by atoms with Gasteiger partial charge < -0.3 is 4.90 Å². The highest BCUT2D eigenvalue weighted by molar-refractivity contribution is 8.00. The Morgan fingerprint density at radius 3 is 2.17 bits per heavy atom. The van der Waals surface area contributed by atoms with Crippen LogP contribution in [0.25, 0.3) is 0 Å². The zero-order valence-electron chi connectivity index (χ0n) is 14.2. The standard InChI is InChI=1S/C21H25NOS/c1-17-10-8-9-15-22(17)20(23)16-24-21(18-11-4-2-5-12-18)19-13-6-3-7-14-19/h2-7,11-14,17,21H,8-10,15-16H2,1H3. The van der Waals surface area contributed by atoms with Crippen LogP contribution in [-0.2, 0) is 4.79 Å². The summed E-state index contributed by atoms with van der Waals surface area (Å²) >= 11 is 1.74. The van der Waals surface area contributed by atoms with Gasteiger partial charge in [0.05, 0.1) is 11.0 Å². The maximum absolute atomic E-state index is 12.7. The second-order valence-corrected chi connectivity index (χ2v) is 7.54. The van der Waals surface area contributed by atoms with Crippen molar-refractivity contribution in [2.45, 2.75) is 37.5 Å². The summed E-state index contributed by atoms with van der Waals surface area (Å²) in [6.45, 7) is 3.09. The van der Waals surface area contributed by atoms with Crippen molar-refractivity contribution >= 4 is 17.7 Å². The van der Waals surface area contributed by atoms with Crippen LogP contribution in [0.3, 0.4) is 0 Å². The summed E-state index contributed by atoms with van der Waals surface area (Å²) in [6, 6.07) is 21.3. The summed E-state index contributed by atoms with van der Waals surface area (Å²) in [6.07, 6.45) is 3.52. The van der Waals surface area contributed by atoms with E-state index in [1.54, 1.807) is 11.8 Å². The van der Waals surface area contributed by atoms with E-state index >= 15 is 0 Å². The number of benzene rings is 2. The minimum atomic E-state index is 0.205. The molecule has 0 aromatic heterocycles. The number of likely N-dealkylation sites (tertiary alicyclic amines) is 1. The van der Waals surface area contributed by atoms with Crippen molar-refractivity contribution in [3.05, 3.63) is 71.8 Å². The summed E-state index contributed by atoms with van der Waals surface area (Å²) in [5.74, 6) is 0.822. The van der Waals surface area contributed by atoms with Gasteiger partial charge in [-0.1, -0.05) is 60.7 Å². The van der Waals surface area contributed by atoms with Crippen LogP contribution >= 0.6 is 11.8 Å². The Hall–Kier alpha value is -1.74. The third-order valence-electron chi connectivity index (χ3n) is 4.70. The molecule has 3 heteroatoms. The first-order chi connectivity index (χ1) is 11.8. The maximum atomic E-state index is 12.7. The largest absolute Gasteiger partial charge is 0.339 e. The minimum Gasteiger partial charge on any atom is -0.339 e. The van der Waals surface area contributed by atoms with Gasteiger partial charge in [0.2, 0.25) is 5.91 Å². The Kier molecular flexibility index (Phi) is 5.97. The lowest BCUT2D eigenvalue weighted by Gasteiger charge is -2.33. The van der Waals surface area contributed by atoms with Gasteiger partial charge in [0, 0.05) is 12.6 Å². The molecule has 3 rings (SSSR count). The number of carbonyl (C=O) groups is 1. The van der Waals surface area contributed by atoms with Gasteiger partial charge >= 0.3 is 0 Å². The number of hydrogen-bond donors (Lipinski definition) is 0. The molecule has 0 spiro atoms. The second-order valence-electron chi connectivity index (χ2n) is 6.44. The molecule has 2 aromatic carbocycles. The fraction of sp³-hybridized carbons (Fsp3) is 0.381. The van der Waals surface area contributed by atoms with Crippen LogP contribution in [0.2, 0.25) is 0 Å². The summed E-state index contributed by atoms with van der Waals surface area (Å²) in [7, 11) is 0. The molecule has 1 unspecified atom stereocenters. The molecule has 1 aliphatic rings. The van der Waals surface area contributed by atoms with Gasteiger partial charge in [-0.3, -0.25) is 4.79 Å². The van der Waals surface area contributed by atoms with E-state index in [4.69, 9.17) is 0 Å². The van der Waals surface area contributed by atoms with Gasteiger partial charge in [-0.05, 0) is 37.3 Å². The lowest BCUT2D eigenvalue weighted by Crippen LogP contribution is -2.43. The van der Waals surface area contributed by atoms with Crippen LogP contribution < -0.4 is 0 Å². The van der Waals surface area contributed by atoms with E-state index in [0.717, 1.165) is 19.4 Å². The topological polar surface area (TPSA) is 20.3 Å². The van der Waals surface area contributed by atoms with E-state index in [-0.39, 0.29) is 11.2 Å². The van der Waals surface area contributed by atoms with Gasteiger partial charge in [-0.25, -0.2) is 0 Å². The summed E-state index contributed by atoms with van der Waals surface area (Å²) < 4.78 is 0. The maximum Gasteiger partial charge on any atom is 0.232 e. The molecule has 1 fully saturated rings. The molecule has 126 valence electrons. The van der Waals surface area contributed by atoms with Crippen LogP contribution in [0.5, 0.6) is 0 Å². The highest BCUT2D eigenvalue weighted by Crippen LogP contribution is 2.35. The molecular weight excluding hydrogens is 314 g/mol. The normalized spacial score (nSPS) is 17.9. The third kappa shape index (κ3) is 4.21. The molecule has 0 aliphatic carbocycles. The van der Waals surface area contributed by atoms with Gasteiger partial charge in [-0.15, -0.1) is 11.8 Å². The Balaban J connectivity index is 1.72. The summed E-state index contributed by atoms with van der Waals surface area (Å²) in [5.41, 5.74) is 2.52. The molecule has 1 saturated heterocycles. The zero-order chi connectivity index (χ0) is 16.8. The Labute approximate surface area is 149 Å². The first kappa shape index (κ1) is 17.1. The number of rotatable bonds is 5. The van der Waals surface area contributed by atoms with Crippen molar-refractivity contribution in [3.63, 3.8) is 0 Å². The number of hydrogen-bond acceptors (Lipinski definition) is 2. The number of piperidine rings is 1. The average molecular weight is 340 g/mol. The van der Waals surface area contributed by atoms with E-state index in [0.29, 0.717) is 11.8 Å². The van der Waals surface area contributed by atoms with Gasteiger partial charge in [0.15, 0.2) is 0 Å². The zero-order valence-corrected chi connectivity index (χ0v) is 15.0. The smallest absolute Gasteiger partial charge is 0.232 e. The fourth-order valence-electron chi connectivity index (χ4n) is 3.35. The average Bonchev–Trinajstić information content (AvgIpc) is 2.64. The molecule has 1 amide bonds. The van der Waals surface area contributed by atoms with Crippen molar-refractivity contribution < 1.29 is 4.79 Å². The predicted molar refractivity (Wildman–Crippen MR) is 102 cm³/mol. The predicted octanol–water partition coefficient (Wildman–Crippen LogP) is 4.91. The van der Waals surface area contributed by atoms with Crippen molar-refractivity contribution in [1.29, 1.82) is 0 Å². The van der Waals surface area contributed by atoms with E-state index in [2.05, 4.69) is 60.4 Å². The monoisotopic (exact) mass is 339 g/mol. The van der Waals surface area contributed by atoms with Crippen molar-refractivity contribution in [3.8, 4) is 0 Å². The van der Waals surface area contributed by atoms with Crippen LogP contribution in [0.4, 0.5) is 0 Å². The van der Waals surface area contributed by atoms with E-state index < -0.39 is 0 Å². The van der Waals surface area contributed by atoms with E-state index in [9.17, 15) is 4.79 Å². The third-order valence-corrected chi connectivity index (χ3v) is 5.99. The highest BCUT2D eigenvalue weighted by Gasteiger charge is 2.24. The van der Waals surface area contributed by atoms with Crippen LogP contribution in [-0.4, -0.2) is 29.1 Å². The van der Waals surface area contributed by atoms with Crippen LogP contribution in [0, 0.1) is 0 Å². The molecule has 24 heavy (non-hydrogen) atoms.